The number of fused-ring (bicyclic) bond motifs is 1. The van der Waals surface area contributed by atoms with E-state index in [4.69, 9.17) is 4.74 Å². The van der Waals surface area contributed by atoms with Crippen LogP contribution in [0.25, 0.3) is 0 Å². The highest BCUT2D eigenvalue weighted by molar-refractivity contribution is 7.12. The van der Waals surface area contributed by atoms with Crippen molar-refractivity contribution in [1.29, 1.82) is 0 Å². The number of ether oxygens (including phenoxy) is 1. The summed E-state index contributed by atoms with van der Waals surface area (Å²) in [4.78, 5) is 18.1. The van der Waals surface area contributed by atoms with Crippen molar-refractivity contribution in [3.05, 3.63) is 21.9 Å². The Labute approximate surface area is 136 Å². The number of likely N-dealkylation sites (tertiary alicyclic amines) is 1. The molecule has 120 valence electrons. The van der Waals surface area contributed by atoms with E-state index in [0.717, 1.165) is 43.6 Å². The van der Waals surface area contributed by atoms with Gasteiger partial charge in [0.1, 0.15) is 0 Å². The number of nitrogens with zero attached hydrogens (tertiary/aromatic N) is 2. The van der Waals surface area contributed by atoms with Crippen LogP contribution in [0.15, 0.2) is 11.4 Å². The number of aryl methyl sites for hydroxylation is 1. The van der Waals surface area contributed by atoms with Gasteiger partial charge in [0.2, 0.25) is 0 Å². The molecule has 2 atom stereocenters. The lowest BCUT2D eigenvalue weighted by Crippen LogP contribution is -2.35. The fourth-order valence-corrected chi connectivity index (χ4v) is 4.52. The van der Waals surface area contributed by atoms with Gasteiger partial charge in [-0.25, -0.2) is 0 Å². The maximum Gasteiger partial charge on any atom is 0.264 e. The Hall–Kier alpha value is -0.910. The van der Waals surface area contributed by atoms with Crippen LogP contribution in [0.3, 0.4) is 0 Å². The summed E-state index contributed by atoms with van der Waals surface area (Å²) in [5, 5.41) is 2.05. The molecule has 0 radical (unpaired) electrons. The lowest BCUT2D eigenvalue weighted by molar-refractivity contribution is 0.0485. The van der Waals surface area contributed by atoms with Crippen molar-refractivity contribution in [2.24, 2.45) is 11.8 Å². The Kier molecular flexibility index (Phi) is 3.96. The fourth-order valence-electron chi connectivity index (χ4n) is 3.66. The molecule has 2 saturated heterocycles. The van der Waals surface area contributed by atoms with Gasteiger partial charge in [-0.1, -0.05) is 0 Å². The first-order valence-electron chi connectivity index (χ1n) is 8.37. The molecule has 4 rings (SSSR count). The number of carbonyl (C=O) groups excluding carboxylic acids is 1. The van der Waals surface area contributed by atoms with Crippen LogP contribution < -0.4 is 0 Å². The van der Waals surface area contributed by atoms with Crippen molar-refractivity contribution in [1.82, 2.24) is 9.80 Å². The van der Waals surface area contributed by atoms with E-state index in [1.54, 1.807) is 11.3 Å². The first kappa shape index (κ1) is 14.7. The van der Waals surface area contributed by atoms with E-state index < -0.39 is 0 Å². The highest BCUT2D eigenvalue weighted by atomic mass is 32.1. The van der Waals surface area contributed by atoms with Crippen molar-refractivity contribution >= 4 is 17.2 Å². The lowest BCUT2D eigenvalue weighted by Gasteiger charge is -2.23. The van der Waals surface area contributed by atoms with Crippen molar-refractivity contribution in [3.63, 3.8) is 0 Å². The summed E-state index contributed by atoms with van der Waals surface area (Å²) in [6.45, 7) is 7.84. The van der Waals surface area contributed by atoms with E-state index in [2.05, 4.69) is 10.3 Å². The highest BCUT2D eigenvalue weighted by Gasteiger charge is 2.39. The van der Waals surface area contributed by atoms with Gasteiger partial charge in [0.25, 0.3) is 5.91 Å². The molecule has 3 aliphatic rings. The van der Waals surface area contributed by atoms with Gasteiger partial charge in [-0.15, -0.1) is 11.3 Å². The van der Waals surface area contributed by atoms with Gasteiger partial charge in [0, 0.05) is 38.6 Å². The highest BCUT2D eigenvalue weighted by Crippen LogP contribution is 2.32. The average molecular weight is 320 g/mol. The van der Waals surface area contributed by atoms with Crippen molar-refractivity contribution in [2.75, 3.05) is 39.3 Å². The smallest absolute Gasteiger partial charge is 0.264 e. The quantitative estimate of drug-likeness (QED) is 0.856. The van der Waals surface area contributed by atoms with Gasteiger partial charge in [-0.05, 0) is 42.7 Å². The first-order chi connectivity index (χ1) is 10.7. The summed E-state index contributed by atoms with van der Waals surface area (Å²) in [6, 6.07) is 2.00. The molecule has 3 heterocycles. The molecular formula is C17H24N2O2S. The zero-order valence-electron chi connectivity index (χ0n) is 13.2. The summed E-state index contributed by atoms with van der Waals surface area (Å²) in [7, 11) is 0. The molecule has 0 bridgehead atoms. The number of hydrogen-bond donors (Lipinski definition) is 0. The average Bonchev–Trinajstić information content (AvgIpc) is 3.13. The molecule has 1 amide bonds. The SMILES string of the molecule is Cc1csc(C(=O)N2C[C@@H]3CN(CC4CC4)CCO[C@@H]3C2)c1. The summed E-state index contributed by atoms with van der Waals surface area (Å²) in [5.41, 5.74) is 1.17. The second-order valence-corrected chi connectivity index (χ2v) is 7.98. The minimum absolute atomic E-state index is 0.184. The second kappa shape index (κ2) is 5.95. The van der Waals surface area contributed by atoms with E-state index in [9.17, 15) is 4.79 Å². The van der Waals surface area contributed by atoms with E-state index >= 15 is 0 Å². The Balaban J connectivity index is 1.40. The first-order valence-corrected chi connectivity index (χ1v) is 9.25. The van der Waals surface area contributed by atoms with E-state index in [1.165, 1.54) is 24.9 Å². The molecule has 2 aliphatic heterocycles. The Morgan fingerprint density at radius 1 is 1.36 bits per heavy atom. The standard InChI is InChI=1S/C17H24N2O2S/c1-12-6-16(22-11-12)17(20)19-9-14-8-18(7-13-2-3-13)4-5-21-15(14)10-19/h6,11,13-15H,2-5,7-10H2,1H3/t14-,15+/m0/s1. The van der Waals surface area contributed by atoms with Crippen LogP contribution in [-0.4, -0.2) is 61.1 Å². The minimum Gasteiger partial charge on any atom is -0.375 e. The third kappa shape index (κ3) is 3.07. The molecule has 3 fully saturated rings. The van der Waals surface area contributed by atoms with Crippen LogP contribution in [0, 0.1) is 18.8 Å². The van der Waals surface area contributed by atoms with Crippen LogP contribution >= 0.6 is 11.3 Å². The lowest BCUT2D eigenvalue weighted by atomic mass is 10.1. The van der Waals surface area contributed by atoms with Crippen molar-refractivity contribution < 1.29 is 9.53 Å². The number of hydrogen-bond acceptors (Lipinski definition) is 4. The largest absolute Gasteiger partial charge is 0.375 e. The molecule has 0 spiro atoms. The van der Waals surface area contributed by atoms with Gasteiger partial charge in [0.05, 0.1) is 17.6 Å². The molecule has 4 nitrogen and oxygen atoms in total. The zero-order valence-corrected chi connectivity index (χ0v) is 14.0. The molecule has 1 aromatic rings. The number of rotatable bonds is 3. The molecule has 1 aliphatic carbocycles. The summed E-state index contributed by atoms with van der Waals surface area (Å²) < 4.78 is 6.05. The number of amides is 1. The molecule has 5 heteroatoms. The van der Waals surface area contributed by atoms with Gasteiger partial charge < -0.3 is 14.5 Å². The third-order valence-corrected chi connectivity index (χ3v) is 6.09. The molecule has 0 aromatic carbocycles. The topological polar surface area (TPSA) is 32.8 Å². The van der Waals surface area contributed by atoms with Crippen LogP contribution in [0.2, 0.25) is 0 Å². The van der Waals surface area contributed by atoms with Crippen LogP contribution in [-0.2, 0) is 4.74 Å². The Morgan fingerprint density at radius 2 is 2.23 bits per heavy atom. The molecule has 1 saturated carbocycles. The van der Waals surface area contributed by atoms with Crippen LogP contribution in [0.4, 0.5) is 0 Å². The number of thiophene rings is 1. The molecule has 1 aromatic heterocycles. The van der Waals surface area contributed by atoms with E-state index in [0.29, 0.717) is 5.92 Å². The summed E-state index contributed by atoms with van der Waals surface area (Å²) in [6.07, 6.45) is 3.02. The van der Waals surface area contributed by atoms with E-state index in [-0.39, 0.29) is 12.0 Å². The predicted molar refractivity (Wildman–Crippen MR) is 87.4 cm³/mol. The summed E-state index contributed by atoms with van der Waals surface area (Å²) >= 11 is 1.56. The third-order valence-electron chi connectivity index (χ3n) is 5.06. The Morgan fingerprint density at radius 3 is 2.95 bits per heavy atom. The monoisotopic (exact) mass is 320 g/mol. The second-order valence-electron chi connectivity index (χ2n) is 7.07. The van der Waals surface area contributed by atoms with Gasteiger partial charge >= 0.3 is 0 Å². The van der Waals surface area contributed by atoms with Crippen molar-refractivity contribution in [3.8, 4) is 0 Å². The predicted octanol–water partition coefficient (Wildman–Crippen LogP) is 2.24. The van der Waals surface area contributed by atoms with Gasteiger partial charge in [-0.3, -0.25) is 4.79 Å². The maximum atomic E-state index is 12.6. The summed E-state index contributed by atoms with van der Waals surface area (Å²) in [5.74, 6) is 1.58. The van der Waals surface area contributed by atoms with Crippen molar-refractivity contribution in [2.45, 2.75) is 25.9 Å². The van der Waals surface area contributed by atoms with Crippen LogP contribution in [0.5, 0.6) is 0 Å². The minimum atomic E-state index is 0.184. The maximum absolute atomic E-state index is 12.6. The van der Waals surface area contributed by atoms with Gasteiger partial charge in [-0.2, -0.15) is 0 Å². The molecule has 22 heavy (non-hydrogen) atoms. The molecular weight excluding hydrogens is 296 g/mol. The zero-order chi connectivity index (χ0) is 15.1. The fraction of sp³-hybridized carbons (Fsp3) is 0.706. The number of carbonyl (C=O) groups is 1. The molecule has 0 unspecified atom stereocenters. The molecule has 0 N–H and O–H groups in total. The normalized spacial score (nSPS) is 29.4. The van der Waals surface area contributed by atoms with Gasteiger partial charge in [0.15, 0.2) is 0 Å². The van der Waals surface area contributed by atoms with Crippen LogP contribution in [0.1, 0.15) is 28.1 Å². The van der Waals surface area contributed by atoms with E-state index in [1.807, 2.05) is 17.9 Å². The Bertz CT molecular complexity index is 555.